The van der Waals surface area contributed by atoms with Crippen LogP contribution < -0.4 is 10.2 Å². The van der Waals surface area contributed by atoms with Gasteiger partial charge >= 0.3 is 6.18 Å². The van der Waals surface area contributed by atoms with Crippen LogP contribution >= 0.6 is 11.3 Å². The molecule has 0 bridgehead atoms. The van der Waals surface area contributed by atoms with Gasteiger partial charge in [-0.2, -0.15) is 13.2 Å². The van der Waals surface area contributed by atoms with Crippen molar-refractivity contribution in [3.05, 3.63) is 89.6 Å². The summed E-state index contributed by atoms with van der Waals surface area (Å²) in [5.41, 5.74) is 3.41. The van der Waals surface area contributed by atoms with Crippen LogP contribution in [-0.2, 0) is 22.1 Å². The molecule has 1 N–H and O–H groups in total. The molecular formula is C29H26F3N3O2S. The first-order chi connectivity index (χ1) is 18.3. The molecule has 196 valence electrons. The van der Waals surface area contributed by atoms with Gasteiger partial charge in [-0.3, -0.25) is 4.79 Å². The number of aromatic nitrogens is 1. The van der Waals surface area contributed by atoms with Crippen molar-refractivity contribution in [1.29, 1.82) is 0 Å². The third-order valence-electron chi connectivity index (χ3n) is 6.31. The molecule has 1 aromatic heterocycles. The molecule has 0 atom stereocenters. The van der Waals surface area contributed by atoms with E-state index in [0.717, 1.165) is 38.7 Å². The number of carbonyl (C=O) groups is 1. The number of hydrogen-bond donors (Lipinski definition) is 1. The quantitative estimate of drug-likeness (QED) is 0.293. The summed E-state index contributed by atoms with van der Waals surface area (Å²) in [7, 11) is 0. The molecule has 4 aromatic rings. The Morgan fingerprint density at radius 2 is 1.71 bits per heavy atom. The van der Waals surface area contributed by atoms with Gasteiger partial charge in [0.25, 0.3) is 0 Å². The summed E-state index contributed by atoms with van der Waals surface area (Å²) in [6, 6.07) is 21.1. The number of halogens is 3. The lowest BCUT2D eigenvalue weighted by Crippen LogP contribution is -2.37. The maximum Gasteiger partial charge on any atom is 0.416 e. The van der Waals surface area contributed by atoms with Crippen LogP contribution in [0, 0.1) is 6.92 Å². The lowest BCUT2D eigenvalue weighted by atomic mass is 10.1. The molecule has 5 rings (SSSR count). The summed E-state index contributed by atoms with van der Waals surface area (Å²) in [5.74, 6) is -0.433. The van der Waals surface area contributed by atoms with Crippen LogP contribution in [0.1, 0.15) is 16.8 Å². The third-order valence-corrected chi connectivity index (χ3v) is 7.51. The summed E-state index contributed by atoms with van der Waals surface area (Å²) >= 11 is 1.49. The van der Waals surface area contributed by atoms with Crippen LogP contribution in [-0.4, -0.2) is 37.2 Å². The predicted octanol–water partition coefficient (Wildman–Crippen LogP) is 6.82. The molecule has 0 radical (unpaired) electrons. The van der Waals surface area contributed by atoms with E-state index in [0.29, 0.717) is 37.7 Å². The van der Waals surface area contributed by atoms with Crippen LogP contribution in [0.3, 0.4) is 0 Å². The minimum Gasteiger partial charge on any atom is -0.378 e. The number of hydrogen-bond acceptors (Lipinski definition) is 5. The second-order valence-electron chi connectivity index (χ2n) is 9.08. The van der Waals surface area contributed by atoms with E-state index >= 15 is 0 Å². The molecule has 1 amide bonds. The fraction of sp³-hybridized carbons (Fsp3) is 0.241. The van der Waals surface area contributed by atoms with Crippen molar-refractivity contribution in [2.75, 3.05) is 36.5 Å². The molecule has 0 unspecified atom stereocenters. The van der Waals surface area contributed by atoms with E-state index in [9.17, 15) is 18.0 Å². The zero-order valence-electron chi connectivity index (χ0n) is 20.7. The number of nitrogens with one attached hydrogen (secondary N) is 1. The van der Waals surface area contributed by atoms with Gasteiger partial charge in [-0.15, -0.1) is 11.3 Å². The highest BCUT2D eigenvalue weighted by molar-refractivity contribution is 7.18. The molecule has 1 fully saturated rings. The molecule has 2 heterocycles. The van der Waals surface area contributed by atoms with Crippen LogP contribution in [0.4, 0.5) is 24.5 Å². The lowest BCUT2D eigenvalue weighted by molar-refractivity contribution is -0.137. The molecule has 1 aliphatic heterocycles. The highest BCUT2D eigenvalue weighted by Gasteiger charge is 2.32. The second-order valence-corrected chi connectivity index (χ2v) is 10.1. The Morgan fingerprint density at radius 1 is 1.00 bits per heavy atom. The van der Waals surface area contributed by atoms with Gasteiger partial charge in [-0.1, -0.05) is 60.2 Å². The highest BCUT2D eigenvalue weighted by atomic mass is 32.1. The number of rotatable bonds is 6. The van der Waals surface area contributed by atoms with Gasteiger partial charge in [0.2, 0.25) is 5.91 Å². The average Bonchev–Trinajstić information content (AvgIpc) is 3.33. The van der Waals surface area contributed by atoms with Gasteiger partial charge in [0.15, 0.2) is 0 Å². The van der Waals surface area contributed by atoms with Crippen molar-refractivity contribution < 1.29 is 22.7 Å². The number of ether oxygens (including phenoxy) is 1. The first kappa shape index (κ1) is 25.9. The average molecular weight is 538 g/mol. The Kier molecular flexibility index (Phi) is 7.49. The maximum absolute atomic E-state index is 13.5. The molecule has 1 aliphatic rings. The zero-order valence-corrected chi connectivity index (χ0v) is 21.5. The first-order valence-corrected chi connectivity index (χ1v) is 13.1. The van der Waals surface area contributed by atoms with Crippen molar-refractivity contribution in [2.24, 2.45) is 0 Å². The number of alkyl halides is 3. The van der Waals surface area contributed by atoms with Crippen molar-refractivity contribution >= 4 is 28.6 Å². The van der Waals surface area contributed by atoms with Gasteiger partial charge in [0.1, 0.15) is 5.01 Å². The molecule has 3 aromatic carbocycles. The van der Waals surface area contributed by atoms with Crippen LogP contribution in [0.15, 0.2) is 72.8 Å². The van der Waals surface area contributed by atoms with Crippen molar-refractivity contribution in [2.45, 2.75) is 19.5 Å². The van der Waals surface area contributed by atoms with E-state index in [1.165, 1.54) is 17.4 Å². The standard InChI is InChI=1S/C29H26F3N3O2S/c1-19-7-9-20(10-8-19)27-24(34-28(38-27)21-5-3-2-4-6-21)18-26(36)33-23-17-22(29(30,31)32)11-12-25(23)35-13-15-37-16-14-35/h2-12,17H,13-16,18H2,1H3,(H,33,36). The smallest absolute Gasteiger partial charge is 0.378 e. The fourth-order valence-corrected chi connectivity index (χ4v) is 5.44. The number of nitrogens with zero attached hydrogens (tertiary/aromatic N) is 2. The summed E-state index contributed by atoms with van der Waals surface area (Å²) in [6.07, 6.45) is -4.60. The minimum absolute atomic E-state index is 0.0780. The first-order valence-electron chi connectivity index (χ1n) is 12.2. The van der Waals surface area contributed by atoms with Gasteiger partial charge in [0, 0.05) is 18.7 Å². The molecule has 9 heteroatoms. The number of aryl methyl sites for hydroxylation is 1. The van der Waals surface area contributed by atoms with E-state index in [-0.39, 0.29) is 12.1 Å². The van der Waals surface area contributed by atoms with E-state index in [4.69, 9.17) is 9.72 Å². The number of benzene rings is 3. The van der Waals surface area contributed by atoms with E-state index in [1.54, 1.807) is 0 Å². The number of amides is 1. The van der Waals surface area contributed by atoms with Crippen molar-refractivity contribution in [3.8, 4) is 21.0 Å². The Labute approximate surface area is 222 Å². The summed E-state index contributed by atoms with van der Waals surface area (Å²) in [5, 5.41) is 3.52. The van der Waals surface area contributed by atoms with E-state index in [1.807, 2.05) is 66.4 Å². The molecule has 1 saturated heterocycles. The number of thiazole rings is 1. The van der Waals surface area contributed by atoms with Gasteiger partial charge in [-0.05, 0) is 30.7 Å². The lowest BCUT2D eigenvalue weighted by Gasteiger charge is -2.31. The maximum atomic E-state index is 13.5. The van der Waals surface area contributed by atoms with E-state index in [2.05, 4.69) is 5.32 Å². The van der Waals surface area contributed by atoms with E-state index < -0.39 is 17.6 Å². The van der Waals surface area contributed by atoms with Gasteiger partial charge in [0.05, 0.1) is 47.1 Å². The molecule has 0 saturated carbocycles. The van der Waals surface area contributed by atoms with Gasteiger partial charge < -0.3 is 15.0 Å². The summed E-state index contributed by atoms with van der Waals surface area (Å²) in [4.78, 5) is 20.9. The summed E-state index contributed by atoms with van der Waals surface area (Å²) in [6.45, 7) is 3.99. The summed E-state index contributed by atoms with van der Waals surface area (Å²) < 4.78 is 45.9. The monoisotopic (exact) mass is 537 g/mol. The predicted molar refractivity (Wildman–Crippen MR) is 145 cm³/mol. The number of anilines is 2. The largest absolute Gasteiger partial charge is 0.416 e. The fourth-order valence-electron chi connectivity index (χ4n) is 4.35. The molecule has 0 spiro atoms. The third kappa shape index (κ3) is 5.89. The van der Waals surface area contributed by atoms with Crippen molar-refractivity contribution in [3.63, 3.8) is 0 Å². The second kappa shape index (κ2) is 11.0. The normalized spacial score (nSPS) is 13.9. The van der Waals surface area contributed by atoms with Crippen LogP contribution in [0.2, 0.25) is 0 Å². The Hall–Kier alpha value is -3.69. The molecule has 0 aliphatic carbocycles. The highest BCUT2D eigenvalue weighted by Crippen LogP contribution is 2.38. The van der Waals surface area contributed by atoms with Crippen molar-refractivity contribution in [1.82, 2.24) is 4.98 Å². The topological polar surface area (TPSA) is 54.5 Å². The minimum atomic E-state index is -4.53. The SMILES string of the molecule is Cc1ccc(-c2sc(-c3ccccc3)nc2CC(=O)Nc2cc(C(F)(F)F)ccc2N2CCOCC2)cc1. The Morgan fingerprint density at radius 3 is 2.39 bits per heavy atom. The molecule has 38 heavy (non-hydrogen) atoms. The number of morpholine rings is 1. The van der Waals surface area contributed by atoms with Crippen LogP contribution in [0.5, 0.6) is 0 Å². The van der Waals surface area contributed by atoms with Gasteiger partial charge in [-0.25, -0.2) is 4.98 Å². The number of carbonyl (C=O) groups excluding carboxylic acids is 1. The molecular weight excluding hydrogens is 511 g/mol. The molecule has 5 nitrogen and oxygen atoms in total. The Bertz CT molecular complexity index is 1410. The van der Waals surface area contributed by atoms with Crippen LogP contribution in [0.25, 0.3) is 21.0 Å². The zero-order chi connectivity index (χ0) is 26.7. The Balaban J connectivity index is 1.47.